The number of carbonyl (C=O) groups is 1. The summed E-state index contributed by atoms with van der Waals surface area (Å²) in [4.78, 5) is 14.3. The fourth-order valence-corrected chi connectivity index (χ4v) is 3.89. The van der Waals surface area contributed by atoms with Crippen molar-refractivity contribution in [2.45, 2.75) is 25.2 Å². The normalized spacial score (nSPS) is 17.7. The Morgan fingerprint density at radius 2 is 1.70 bits per heavy atom. The highest BCUT2D eigenvalue weighted by molar-refractivity contribution is 5.95. The number of amides is 1. The van der Waals surface area contributed by atoms with Crippen LogP contribution in [0.15, 0.2) is 42.5 Å². The number of halogens is 4. The molecule has 0 aliphatic carbocycles. The Morgan fingerprint density at radius 3 is 2.37 bits per heavy atom. The van der Waals surface area contributed by atoms with E-state index in [1.807, 2.05) is 11.0 Å². The third-order valence-electron chi connectivity index (χ3n) is 5.61. The van der Waals surface area contributed by atoms with Crippen LogP contribution >= 0.6 is 0 Å². The summed E-state index contributed by atoms with van der Waals surface area (Å²) in [5.74, 6) is -1.10. The maximum atomic E-state index is 14.8. The zero-order valence-electron chi connectivity index (χ0n) is 16.1. The fraction of sp³-hybridized carbons (Fsp3) is 0.381. The summed E-state index contributed by atoms with van der Waals surface area (Å²) in [5.41, 5.74) is 2.29. The third kappa shape index (κ3) is 4.29. The maximum absolute atomic E-state index is 14.8. The Hall–Kier alpha value is -2.97. The van der Waals surface area contributed by atoms with Gasteiger partial charge in [-0.1, -0.05) is 0 Å². The van der Waals surface area contributed by atoms with Gasteiger partial charge < -0.3 is 20.9 Å². The molecule has 1 fully saturated rings. The number of benzene rings is 2. The summed E-state index contributed by atoms with van der Waals surface area (Å²) < 4.78 is 52.9. The van der Waals surface area contributed by atoms with Crippen LogP contribution in [0.25, 0.3) is 0 Å². The van der Waals surface area contributed by atoms with Gasteiger partial charge in [0, 0.05) is 30.4 Å². The average molecular weight is 422 g/mol. The quantitative estimate of drug-likeness (QED) is 0.626. The van der Waals surface area contributed by atoms with Crippen molar-refractivity contribution < 1.29 is 22.4 Å². The molecule has 0 aromatic heterocycles. The Morgan fingerprint density at radius 1 is 1.03 bits per heavy atom. The highest BCUT2D eigenvalue weighted by Crippen LogP contribution is 2.33. The predicted molar refractivity (Wildman–Crippen MR) is 108 cm³/mol. The first kappa shape index (κ1) is 20.3. The van der Waals surface area contributed by atoms with Gasteiger partial charge in [0.25, 0.3) is 5.91 Å². The number of hydrogen-bond acceptors (Lipinski definition) is 4. The van der Waals surface area contributed by atoms with Gasteiger partial charge in [-0.05, 0) is 55.3 Å². The minimum Gasteiger partial charge on any atom is -0.372 e. The molecule has 2 heterocycles. The van der Waals surface area contributed by atoms with E-state index in [0.717, 1.165) is 23.5 Å². The monoisotopic (exact) mass is 422 g/mol. The number of rotatable bonds is 4. The molecule has 5 nitrogen and oxygen atoms in total. The molecule has 30 heavy (non-hydrogen) atoms. The van der Waals surface area contributed by atoms with E-state index >= 15 is 0 Å². The molecule has 1 atom stereocenters. The van der Waals surface area contributed by atoms with E-state index in [1.54, 1.807) is 12.1 Å². The van der Waals surface area contributed by atoms with E-state index in [1.165, 1.54) is 12.1 Å². The molecule has 0 spiro atoms. The van der Waals surface area contributed by atoms with Gasteiger partial charge in [0.15, 0.2) is 6.17 Å². The second kappa shape index (κ2) is 8.04. The lowest BCUT2D eigenvalue weighted by molar-refractivity contribution is -0.137. The molecular weight excluding hydrogens is 400 g/mol. The predicted octanol–water partition coefficient (Wildman–Crippen LogP) is 4.69. The van der Waals surface area contributed by atoms with Crippen LogP contribution in [-0.2, 0) is 11.0 Å². The van der Waals surface area contributed by atoms with Crippen LogP contribution in [0.4, 0.5) is 40.3 Å². The van der Waals surface area contributed by atoms with Crippen LogP contribution in [0.1, 0.15) is 18.4 Å². The number of anilines is 4. The molecule has 3 N–H and O–H groups in total. The van der Waals surface area contributed by atoms with Crippen molar-refractivity contribution in [3.63, 3.8) is 0 Å². The Kier molecular flexibility index (Phi) is 5.44. The fourth-order valence-electron chi connectivity index (χ4n) is 3.89. The number of piperidine rings is 1. The van der Waals surface area contributed by atoms with Crippen molar-refractivity contribution in [3.8, 4) is 0 Å². The van der Waals surface area contributed by atoms with Crippen molar-refractivity contribution in [2.24, 2.45) is 5.92 Å². The van der Waals surface area contributed by atoms with Gasteiger partial charge in [-0.15, -0.1) is 0 Å². The second-order valence-electron chi connectivity index (χ2n) is 7.55. The molecule has 1 unspecified atom stereocenters. The van der Waals surface area contributed by atoms with Gasteiger partial charge in [0.2, 0.25) is 0 Å². The first-order valence-corrected chi connectivity index (χ1v) is 9.80. The summed E-state index contributed by atoms with van der Waals surface area (Å²) >= 11 is 0. The summed E-state index contributed by atoms with van der Waals surface area (Å²) in [6.07, 6.45) is -5.11. The highest BCUT2D eigenvalue weighted by Gasteiger charge is 2.33. The van der Waals surface area contributed by atoms with Crippen molar-refractivity contribution in [3.05, 3.63) is 48.0 Å². The SMILES string of the molecule is O=C(Nc1ccc2c(c1)NCN2)C(F)C1CCN(c2ccc(C(F)(F)F)cc2)CC1. The van der Waals surface area contributed by atoms with E-state index in [9.17, 15) is 22.4 Å². The highest BCUT2D eigenvalue weighted by atomic mass is 19.4. The molecule has 9 heteroatoms. The summed E-state index contributed by atoms with van der Waals surface area (Å²) in [5, 5.41) is 8.87. The van der Waals surface area contributed by atoms with E-state index in [0.29, 0.717) is 44.0 Å². The van der Waals surface area contributed by atoms with Crippen LogP contribution in [0.2, 0.25) is 0 Å². The molecule has 2 aliphatic rings. The number of hydrogen-bond donors (Lipinski definition) is 3. The summed E-state index contributed by atoms with van der Waals surface area (Å²) in [6, 6.07) is 10.3. The van der Waals surface area contributed by atoms with E-state index in [4.69, 9.17) is 0 Å². The Balaban J connectivity index is 1.31. The van der Waals surface area contributed by atoms with E-state index in [2.05, 4.69) is 16.0 Å². The molecule has 0 radical (unpaired) electrons. The molecule has 1 saturated heterocycles. The van der Waals surface area contributed by atoms with Crippen LogP contribution in [0.3, 0.4) is 0 Å². The number of nitrogens with zero attached hydrogens (tertiary/aromatic N) is 1. The molecule has 2 aromatic rings. The number of fused-ring (bicyclic) bond motifs is 1. The summed E-state index contributed by atoms with van der Waals surface area (Å²) in [6.45, 7) is 1.58. The number of nitrogens with one attached hydrogen (secondary N) is 3. The maximum Gasteiger partial charge on any atom is 0.416 e. The minimum atomic E-state index is -4.37. The zero-order chi connectivity index (χ0) is 21.3. The largest absolute Gasteiger partial charge is 0.416 e. The molecule has 160 valence electrons. The Labute approximate surface area is 171 Å². The number of alkyl halides is 4. The molecule has 2 aliphatic heterocycles. The molecule has 4 rings (SSSR count). The van der Waals surface area contributed by atoms with Crippen molar-refractivity contribution in [1.82, 2.24) is 0 Å². The van der Waals surface area contributed by atoms with Gasteiger partial charge in [0.1, 0.15) is 0 Å². The first-order valence-electron chi connectivity index (χ1n) is 9.80. The smallest absolute Gasteiger partial charge is 0.372 e. The van der Waals surface area contributed by atoms with E-state index in [-0.39, 0.29) is 0 Å². The lowest BCUT2D eigenvalue weighted by Crippen LogP contribution is -2.40. The molecule has 0 saturated carbocycles. The average Bonchev–Trinajstić information content (AvgIpc) is 3.21. The molecule has 1 amide bonds. The van der Waals surface area contributed by atoms with Gasteiger partial charge >= 0.3 is 6.18 Å². The van der Waals surface area contributed by atoms with Crippen LogP contribution < -0.4 is 20.9 Å². The van der Waals surface area contributed by atoms with Crippen LogP contribution in [-0.4, -0.2) is 31.8 Å². The molecular formula is C21H22F4N4O. The van der Waals surface area contributed by atoms with Crippen molar-refractivity contribution in [1.29, 1.82) is 0 Å². The van der Waals surface area contributed by atoms with Crippen LogP contribution in [0, 0.1) is 5.92 Å². The lowest BCUT2D eigenvalue weighted by atomic mass is 9.91. The third-order valence-corrected chi connectivity index (χ3v) is 5.61. The van der Waals surface area contributed by atoms with Gasteiger partial charge in [0.05, 0.1) is 23.6 Å². The minimum absolute atomic E-state index is 0.426. The lowest BCUT2D eigenvalue weighted by Gasteiger charge is -2.34. The first-order chi connectivity index (χ1) is 14.3. The van der Waals surface area contributed by atoms with Crippen molar-refractivity contribution >= 4 is 28.7 Å². The second-order valence-corrected chi connectivity index (χ2v) is 7.55. The standard InChI is InChI=1S/C21H22F4N4O/c22-19(20(30)28-15-3-6-17-18(11-15)27-12-26-17)13-7-9-29(10-8-13)16-4-1-14(2-5-16)21(23,24)25/h1-6,11,13,19,26-27H,7-10,12H2,(H,28,30). The van der Waals surface area contributed by atoms with Crippen molar-refractivity contribution in [2.75, 3.05) is 40.6 Å². The Bertz CT molecular complexity index is 908. The zero-order valence-corrected chi connectivity index (χ0v) is 16.1. The van der Waals surface area contributed by atoms with Gasteiger partial charge in [-0.2, -0.15) is 13.2 Å². The number of carbonyl (C=O) groups excluding carboxylic acids is 1. The molecule has 2 aromatic carbocycles. The molecule has 0 bridgehead atoms. The van der Waals surface area contributed by atoms with Gasteiger partial charge in [-0.25, -0.2) is 4.39 Å². The summed E-state index contributed by atoms with van der Waals surface area (Å²) in [7, 11) is 0. The van der Waals surface area contributed by atoms with E-state index < -0.39 is 29.7 Å². The van der Waals surface area contributed by atoms with Crippen LogP contribution in [0.5, 0.6) is 0 Å². The topological polar surface area (TPSA) is 56.4 Å². The van der Waals surface area contributed by atoms with Gasteiger partial charge in [-0.3, -0.25) is 4.79 Å².